The van der Waals surface area contributed by atoms with Crippen LogP contribution in [0.25, 0.3) is 0 Å². The van der Waals surface area contributed by atoms with Crippen LogP contribution in [0.15, 0.2) is 0 Å². The Morgan fingerprint density at radius 3 is 2.62 bits per heavy atom. The highest BCUT2D eigenvalue weighted by Gasteiger charge is 2.54. The highest BCUT2D eigenvalue weighted by Crippen LogP contribution is 2.39. The second-order valence-corrected chi connectivity index (χ2v) is 7.24. The van der Waals surface area contributed by atoms with Gasteiger partial charge < -0.3 is 24.8 Å². The fourth-order valence-corrected chi connectivity index (χ4v) is 3.35. The van der Waals surface area contributed by atoms with Crippen molar-refractivity contribution in [2.24, 2.45) is 5.92 Å². The molecule has 1 amide bonds. The number of ether oxygens (including phenoxy) is 3. The van der Waals surface area contributed by atoms with Crippen LogP contribution in [0, 0.1) is 5.92 Å². The molecule has 3 aliphatic rings. The van der Waals surface area contributed by atoms with Crippen molar-refractivity contribution in [2.45, 2.75) is 63.4 Å². The van der Waals surface area contributed by atoms with E-state index in [-0.39, 0.29) is 24.3 Å². The highest BCUT2D eigenvalue weighted by molar-refractivity contribution is 5.68. The molecule has 0 aromatic carbocycles. The molecule has 2 aliphatic heterocycles. The van der Waals surface area contributed by atoms with Crippen molar-refractivity contribution >= 4 is 6.09 Å². The topological polar surface area (TPSA) is 68.8 Å². The lowest BCUT2D eigenvalue weighted by atomic mass is 9.68. The number of carbonyl (C=O) groups excluding carboxylic acids is 1. The molecular weight excluding hydrogens is 272 g/mol. The lowest BCUT2D eigenvalue weighted by Crippen LogP contribution is -2.75. The van der Waals surface area contributed by atoms with Gasteiger partial charge in [-0.25, -0.2) is 4.79 Å². The Kier molecular flexibility index (Phi) is 4.12. The smallest absolute Gasteiger partial charge is 0.407 e. The standard InChI is InChI=1S/C15H26N2O4/c1-15(2,3)21-14(18)17-11-10-5-4-6-20-13(10)12(11)16-9-7-19-8-9/h9-13,16H,4-8H2,1-3H3,(H,17,18). The van der Waals surface area contributed by atoms with Gasteiger partial charge in [0, 0.05) is 12.5 Å². The zero-order valence-electron chi connectivity index (χ0n) is 13.1. The number of fused-ring (bicyclic) bond motifs is 1. The average Bonchev–Trinajstić information content (AvgIpc) is 2.32. The molecule has 0 bridgehead atoms. The maximum Gasteiger partial charge on any atom is 0.407 e. The summed E-state index contributed by atoms with van der Waals surface area (Å²) in [5.74, 6) is 0.393. The predicted molar refractivity (Wildman–Crippen MR) is 77.2 cm³/mol. The van der Waals surface area contributed by atoms with E-state index in [2.05, 4.69) is 10.6 Å². The first kappa shape index (κ1) is 15.1. The van der Waals surface area contributed by atoms with Crippen LogP contribution in [0.1, 0.15) is 33.6 Å². The number of hydrogen-bond donors (Lipinski definition) is 2. The summed E-state index contributed by atoms with van der Waals surface area (Å²) in [4.78, 5) is 12.0. The highest BCUT2D eigenvalue weighted by atomic mass is 16.6. The monoisotopic (exact) mass is 298 g/mol. The number of rotatable bonds is 3. The summed E-state index contributed by atoms with van der Waals surface area (Å²) in [6.45, 7) is 7.93. The Bertz CT molecular complexity index is 392. The molecule has 120 valence electrons. The summed E-state index contributed by atoms with van der Waals surface area (Å²) in [7, 11) is 0. The van der Waals surface area contributed by atoms with Gasteiger partial charge in [0.15, 0.2) is 0 Å². The number of hydrogen-bond acceptors (Lipinski definition) is 5. The van der Waals surface area contributed by atoms with E-state index in [0.29, 0.717) is 12.0 Å². The van der Waals surface area contributed by atoms with Gasteiger partial charge in [0.25, 0.3) is 0 Å². The maximum absolute atomic E-state index is 12.0. The summed E-state index contributed by atoms with van der Waals surface area (Å²) in [6.07, 6.45) is 2.03. The lowest BCUT2D eigenvalue weighted by molar-refractivity contribution is -0.140. The van der Waals surface area contributed by atoms with Crippen LogP contribution in [0.2, 0.25) is 0 Å². The van der Waals surface area contributed by atoms with Crippen LogP contribution >= 0.6 is 0 Å². The Labute approximate surface area is 125 Å². The van der Waals surface area contributed by atoms with Crippen molar-refractivity contribution < 1.29 is 19.0 Å². The van der Waals surface area contributed by atoms with Crippen LogP contribution < -0.4 is 10.6 Å². The van der Waals surface area contributed by atoms with Crippen LogP contribution in [0.5, 0.6) is 0 Å². The minimum absolute atomic E-state index is 0.0887. The van der Waals surface area contributed by atoms with Crippen molar-refractivity contribution in [2.75, 3.05) is 19.8 Å². The molecule has 1 saturated carbocycles. The van der Waals surface area contributed by atoms with Gasteiger partial charge in [-0.15, -0.1) is 0 Å². The quantitative estimate of drug-likeness (QED) is 0.815. The number of carbonyl (C=O) groups is 1. The average molecular weight is 298 g/mol. The zero-order chi connectivity index (χ0) is 15.0. The van der Waals surface area contributed by atoms with Crippen molar-refractivity contribution in [1.82, 2.24) is 10.6 Å². The minimum Gasteiger partial charge on any atom is -0.444 e. The summed E-state index contributed by atoms with van der Waals surface area (Å²) < 4.78 is 16.5. The number of alkyl carbamates (subject to hydrolysis) is 1. The lowest BCUT2D eigenvalue weighted by Gasteiger charge is -2.55. The molecule has 6 heteroatoms. The molecule has 0 spiro atoms. The molecule has 1 aliphatic carbocycles. The van der Waals surface area contributed by atoms with Gasteiger partial charge >= 0.3 is 6.09 Å². The third kappa shape index (κ3) is 3.33. The fourth-order valence-electron chi connectivity index (χ4n) is 3.35. The molecule has 0 aromatic rings. The first-order valence-electron chi connectivity index (χ1n) is 7.89. The third-order valence-corrected chi connectivity index (χ3v) is 4.37. The molecule has 2 heterocycles. The van der Waals surface area contributed by atoms with Crippen LogP contribution in [0.4, 0.5) is 4.79 Å². The molecule has 2 N–H and O–H groups in total. The predicted octanol–water partition coefficient (Wildman–Crippen LogP) is 1.05. The van der Waals surface area contributed by atoms with E-state index in [9.17, 15) is 4.79 Å². The Balaban J connectivity index is 1.58. The van der Waals surface area contributed by atoms with Crippen molar-refractivity contribution in [3.63, 3.8) is 0 Å². The van der Waals surface area contributed by atoms with Crippen LogP contribution in [-0.4, -0.2) is 55.7 Å². The first-order valence-corrected chi connectivity index (χ1v) is 7.89. The SMILES string of the molecule is CC(C)(C)OC(=O)NC1C2CCCOC2C1NC1COC1. The van der Waals surface area contributed by atoms with E-state index in [1.807, 2.05) is 20.8 Å². The summed E-state index contributed by atoms with van der Waals surface area (Å²) in [6, 6.07) is 0.631. The van der Waals surface area contributed by atoms with E-state index >= 15 is 0 Å². The van der Waals surface area contributed by atoms with E-state index in [4.69, 9.17) is 14.2 Å². The van der Waals surface area contributed by atoms with Gasteiger partial charge in [-0.3, -0.25) is 0 Å². The fraction of sp³-hybridized carbons (Fsp3) is 0.933. The van der Waals surface area contributed by atoms with Gasteiger partial charge in [0.2, 0.25) is 0 Å². The van der Waals surface area contributed by atoms with E-state index in [0.717, 1.165) is 32.7 Å². The first-order chi connectivity index (χ1) is 9.94. The van der Waals surface area contributed by atoms with Crippen molar-refractivity contribution in [3.05, 3.63) is 0 Å². The minimum atomic E-state index is -0.471. The van der Waals surface area contributed by atoms with Gasteiger partial charge in [-0.05, 0) is 33.6 Å². The van der Waals surface area contributed by atoms with Crippen molar-refractivity contribution in [1.29, 1.82) is 0 Å². The number of amides is 1. The normalized spacial score (nSPS) is 36.1. The third-order valence-electron chi connectivity index (χ3n) is 4.37. The molecular formula is C15H26N2O4. The van der Waals surface area contributed by atoms with Gasteiger partial charge in [-0.1, -0.05) is 0 Å². The second-order valence-electron chi connectivity index (χ2n) is 7.24. The van der Waals surface area contributed by atoms with Gasteiger partial charge in [-0.2, -0.15) is 0 Å². The molecule has 3 fully saturated rings. The molecule has 6 nitrogen and oxygen atoms in total. The Morgan fingerprint density at radius 2 is 2.00 bits per heavy atom. The van der Waals surface area contributed by atoms with Crippen LogP contribution in [0.3, 0.4) is 0 Å². The van der Waals surface area contributed by atoms with Crippen LogP contribution in [-0.2, 0) is 14.2 Å². The second kappa shape index (κ2) is 5.74. The largest absolute Gasteiger partial charge is 0.444 e. The van der Waals surface area contributed by atoms with Crippen molar-refractivity contribution in [3.8, 4) is 0 Å². The molecule has 0 radical (unpaired) electrons. The zero-order valence-corrected chi connectivity index (χ0v) is 13.1. The Morgan fingerprint density at radius 1 is 1.24 bits per heavy atom. The Hall–Kier alpha value is -0.850. The van der Waals surface area contributed by atoms with Gasteiger partial charge in [0.05, 0.1) is 37.4 Å². The molecule has 4 unspecified atom stereocenters. The summed E-state index contributed by atoms with van der Waals surface area (Å²) >= 11 is 0. The molecule has 3 rings (SSSR count). The molecule has 4 atom stereocenters. The molecule has 21 heavy (non-hydrogen) atoms. The number of nitrogens with one attached hydrogen (secondary N) is 2. The van der Waals surface area contributed by atoms with E-state index in [1.54, 1.807) is 0 Å². The molecule has 2 saturated heterocycles. The van der Waals surface area contributed by atoms with E-state index in [1.165, 1.54) is 0 Å². The van der Waals surface area contributed by atoms with Gasteiger partial charge in [0.1, 0.15) is 5.60 Å². The maximum atomic E-state index is 12.0. The molecule has 0 aromatic heterocycles. The summed E-state index contributed by atoms with van der Waals surface area (Å²) in [5.41, 5.74) is -0.471. The van der Waals surface area contributed by atoms with E-state index < -0.39 is 5.60 Å². The summed E-state index contributed by atoms with van der Waals surface area (Å²) in [5, 5.41) is 6.58.